The minimum absolute atomic E-state index is 0.0101. The van der Waals surface area contributed by atoms with Crippen molar-refractivity contribution < 1.29 is 14.6 Å². The van der Waals surface area contributed by atoms with Gasteiger partial charge in [0.05, 0.1) is 6.20 Å². The molecule has 0 fully saturated rings. The molecule has 0 aliphatic heterocycles. The molecule has 17 heavy (non-hydrogen) atoms. The molecule has 0 radical (unpaired) electrons. The lowest BCUT2D eigenvalue weighted by Crippen LogP contribution is -2.06. The first-order valence-corrected chi connectivity index (χ1v) is 4.99. The Morgan fingerprint density at radius 3 is 2.71 bits per heavy atom. The van der Waals surface area contributed by atoms with Crippen LogP contribution in [0.15, 0.2) is 42.6 Å². The monoisotopic (exact) mass is 230 g/mol. The Kier molecular flexibility index (Phi) is 3.30. The van der Waals surface area contributed by atoms with Gasteiger partial charge < -0.3 is 9.84 Å². The van der Waals surface area contributed by atoms with Gasteiger partial charge in [-0.25, -0.2) is 4.79 Å². The van der Waals surface area contributed by atoms with Gasteiger partial charge in [-0.3, -0.25) is 0 Å². The molecular weight excluding hydrogens is 220 g/mol. The topological polar surface area (TPSA) is 72.3 Å². The largest absolute Gasteiger partial charge is 0.477 e. The molecule has 2 aromatic rings. The number of carboxylic acids is 1. The predicted octanol–water partition coefficient (Wildman–Crippen LogP) is 1.75. The molecule has 1 aromatic heterocycles. The predicted molar refractivity (Wildman–Crippen MR) is 59.8 cm³/mol. The maximum atomic E-state index is 10.9. The summed E-state index contributed by atoms with van der Waals surface area (Å²) in [5.74, 6) is -1.05. The molecule has 1 N–H and O–H groups in total. The van der Waals surface area contributed by atoms with E-state index in [1.54, 1.807) is 0 Å². The van der Waals surface area contributed by atoms with E-state index in [9.17, 15) is 4.79 Å². The molecule has 0 saturated heterocycles. The molecule has 2 rings (SSSR count). The number of hydrogen-bond donors (Lipinski definition) is 1. The van der Waals surface area contributed by atoms with Crippen LogP contribution in [0, 0.1) is 0 Å². The zero-order chi connectivity index (χ0) is 12.1. The Morgan fingerprint density at radius 1 is 1.24 bits per heavy atom. The van der Waals surface area contributed by atoms with Gasteiger partial charge in [-0.05, 0) is 11.6 Å². The summed E-state index contributed by atoms with van der Waals surface area (Å²) >= 11 is 0. The van der Waals surface area contributed by atoms with E-state index in [0.717, 1.165) is 5.56 Å². The molecule has 0 bridgehead atoms. The number of benzene rings is 1. The first kappa shape index (κ1) is 11.1. The molecule has 0 amide bonds. The van der Waals surface area contributed by atoms with Crippen molar-refractivity contribution in [3.8, 4) is 5.88 Å². The number of nitrogens with zero attached hydrogens (tertiary/aromatic N) is 2. The number of aromatic carboxylic acids is 1. The number of hydrogen-bond acceptors (Lipinski definition) is 4. The van der Waals surface area contributed by atoms with Crippen molar-refractivity contribution in [3.63, 3.8) is 0 Å². The van der Waals surface area contributed by atoms with Gasteiger partial charge in [0, 0.05) is 0 Å². The van der Waals surface area contributed by atoms with E-state index in [1.807, 2.05) is 30.3 Å². The van der Waals surface area contributed by atoms with Gasteiger partial charge in [0.25, 0.3) is 0 Å². The van der Waals surface area contributed by atoms with Crippen molar-refractivity contribution >= 4 is 5.97 Å². The zero-order valence-electron chi connectivity index (χ0n) is 8.91. The molecule has 0 spiro atoms. The third kappa shape index (κ3) is 2.78. The van der Waals surface area contributed by atoms with Crippen LogP contribution >= 0.6 is 0 Å². The van der Waals surface area contributed by atoms with E-state index in [1.165, 1.54) is 12.3 Å². The first-order chi connectivity index (χ1) is 8.27. The van der Waals surface area contributed by atoms with Crippen LogP contribution in [0.4, 0.5) is 0 Å². The van der Waals surface area contributed by atoms with Gasteiger partial charge in [-0.1, -0.05) is 30.3 Å². The molecule has 0 aliphatic rings. The highest BCUT2D eigenvalue weighted by atomic mass is 16.5. The number of carboxylic acid groups (broad SMARTS) is 1. The highest BCUT2D eigenvalue weighted by molar-refractivity contribution is 5.89. The first-order valence-electron chi connectivity index (χ1n) is 4.99. The lowest BCUT2D eigenvalue weighted by atomic mass is 10.2. The highest BCUT2D eigenvalue weighted by Gasteiger charge is 2.12. The Bertz CT molecular complexity index is 514. The second kappa shape index (κ2) is 5.07. The molecule has 1 heterocycles. The minimum Gasteiger partial charge on any atom is -0.477 e. The van der Waals surface area contributed by atoms with Crippen LogP contribution in [-0.2, 0) is 6.61 Å². The minimum atomic E-state index is -1.08. The molecule has 1 aromatic carbocycles. The van der Waals surface area contributed by atoms with E-state index in [2.05, 4.69) is 10.2 Å². The quantitative estimate of drug-likeness (QED) is 0.866. The molecule has 86 valence electrons. The second-order valence-electron chi connectivity index (χ2n) is 3.33. The Hall–Kier alpha value is -2.43. The van der Waals surface area contributed by atoms with Gasteiger partial charge in [0.15, 0.2) is 0 Å². The Morgan fingerprint density at radius 2 is 2.00 bits per heavy atom. The smallest absolute Gasteiger partial charge is 0.341 e. The molecule has 5 nitrogen and oxygen atoms in total. The van der Waals surface area contributed by atoms with Gasteiger partial charge in [-0.2, -0.15) is 5.10 Å². The third-order valence-corrected chi connectivity index (χ3v) is 2.14. The van der Waals surface area contributed by atoms with Gasteiger partial charge in [0.1, 0.15) is 12.2 Å². The van der Waals surface area contributed by atoms with E-state index in [0.29, 0.717) is 0 Å². The maximum Gasteiger partial charge on any atom is 0.341 e. The fraction of sp³-hybridized carbons (Fsp3) is 0.0833. The van der Waals surface area contributed by atoms with Crippen LogP contribution in [0.1, 0.15) is 15.9 Å². The second-order valence-corrected chi connectivity index (χ2v) is 3.33. The van der Waals surface area contributed by atoms with Crippen molar-refractivity contribution in [1.82, 2.24) is 10.2 Å². The van der Waals surface area contributed by atoms with Crippen molar-refractivity contribution in [2.75, 3.05) is 0 Å². The van der Waals surface area contributed by atoms with Crippen LogP contribution in [0.3, 0.4) is 0 Å². The maximum absolute atomic E-state index is 10.9. The highest BCUT2D eigenvalue weighted by Crippen LogP contribution is 2.14. The van der Waals surface area contributed by atoms with Crippen LogP contribution in [0.5, 0.6) is 5.88 Å². The summed E-state index contributed by atoms with van der Waals surface area (Å²) in [4.78, 5) is 10.9. The third-order valence-electron chi connectivity index (χ3n) is 2.14. The summed E-state index contributed by atoms with van der Waals surface area (Å²) in [7, 11) is 0. The van der Waals surface area contributed by atoms with Crippen molar-refractivity contribution in [2.45, 2.75) is 6.61 Å². The van der Waals surface area contributed by atoms with Gasteiger partial charge in [0.2, 0.25) is 5.88 Å². The molecule has 0 saturated carbocycles. The molecule has 0 atom stereocenters. The van der Waals surface area contributed by atoms with Gasteiger partial charge in [-0.15, -0.1) is 5.10 Å². The number of aromatic nitrogens is 2. The summed E-state index contributed by atoms with van der Waals surface area (Å²) < 4.78 is 5.33. The number of rotatable bonds is 4. The summed E-state index contributed by atoms with van der Waals surface area (Å²) in [6.07, 6.45) is 1.32. The number of ether oxygens (including phenoxy) is 1. The van der Waals surface area contributed by atoms with E-state index in [4.69, 9.17) is 9.84 Å². The van der Waals surface area contributed by atoms with Crippen molar-refractivity contribution in [2.24, 2.45) is 0 Å². The Labute approximate surface area is 97.7 Å². The number of carbonyl (C=O) groups is 1. The summed E-state index contributed by atoms with van der Waals surface area (Å²) in [6.45, 7) is 0.264. The molecule has 0 unspecified atom stereocenters. The van der Waals surface area contributed by atoms with Crippen LogP contribution in [0.2, 0.25) is 0 Å². The summed E-state index contributed by atoms with van der Waals surface area (Å²) in [5.41, 5.74) is 0.949. The van der Waals surface area contributed by atoms with E-state index < -0.39 is 5.97 Å². The van der Waals surface area contributed by atoms with E-state index in [-0.39, 0.29) is 18.1 Å². The zero-order valence-corrected chi connectivity index (χ0v) is 8.91. The van der Waals surface area contributed by atoms with Crippen molar-refractivity contribution in [3.05, 3.63) is 53.7 Å². The molecular formula is C12H10N2O3. The van der Waals surface area contributed by atoms with Crippen LogP contribution < -0.4 is 4.74 Å². The standard InChI is InChI=1S/C12H10N2O3/c15-12(16)10-6-7-13-14-11(10)17-8-9-4-2-1-3-5-9/h1-7H,8H2,(H,15,16). The van der Waals surface area contributed by atoms with Crippen molar-refractivity contribution in [1.29, 1.82) is 0 Å². The summed E-state index contributed by atoms with van der Waals surface area (Å²) in [5, 5.41) is 16.2. The van der Waals surface area contributed by atoms with Crippen LogP contribution in [-0.4, -0.2) is 21.3 Å². The lowest BCUT2D eigenvalue weighted by molar-refractivity contribution is 0.0690. The van der Waals surface area contributed by atoms with Gasteiger partial charge >= 0.3 is 5.97 Å². The molecule has 0 aliphatic carbocycles. The lowest BCUT2D eigenvalue weighted by Gasteiger charge is -2.06. The average molecular weight is 230 g/mol. The summed E-state index contributed by atoms with van der Waals surface area (Å²) in [6, 6.07) is 10.8. The van der Waals surface area contributed by atoms with E-state index >= 15 is 0 Å². The SMILES string of the molecule is O=C(O)c1ccnnc1OCc1ccccc1. The molecule has 5 heteroatoms. The normalized spacial score (nSPS) is 9.88. The fourth-order valence-corrected chi connectivity index (χ4v) is 1.31. The Balaban J connectivity index is 2.12. The van der Waals surface area contributed by atoms with Crippen LogP contribution in [0.25, 0.3) is 0 Å². The fourth-order valence-electron chi connectivity index (χ4n) is 1.31. The average Bonchev–Trinajstić information content (AvgIpc) is 2.38.